The van der Waals surface area contributed by atoms with Crippen molar-refractivity contribution in [2.45, 2.75) is 20.8 Å². The van der Waals surface area contributed by atoms with Gasteiger partial charge in [0.15, 0.2) is 0 Å². The summed E-state index contributed by atoms with van der Waals surface area (Å²) in [5, 5.41) is 19.3. The van der Waals surface area contributed by atoms with Gasteiger partial charge in [-0.2, -0.15) is 0 Å². The van der Waals surface area contributed by atoms with Gasteiger partial charge < -0.3 is 10.2 Å². The van der Waals surface area contributed by atoms with Gasteiger partial charge in [-0.05, 0) is 66.8 Å². The summed E-state index contributed by atoms with van der Waals surface area (Å²) in [7, 11) is 0. The molecular weight excluding hydrogens is 212 g/mol. The molecule has 17 heavy (non-hydrogen) atoms. The molecule has 2 nitrogen and oxygen atoms in total. The van der Waals surface area contributed by atoms with Gasteiger partial charge in [-0.25, -0.2) is 0 Å². The minimum absolute atomic E-state index is 0.296. The number of hydrogen-bond acceptors (Lipinski definition) is 2. The van der Waals surface area contributed by atoms with E-state index in [0.29, 0.717) is 11.5 Å². The van der Waals surface area contributed by atoms with E-state index >= 15 is 0 Å². The monoisotopic (exact) mass is 228 g/mol. The number of aryl methyl sites for hydroxylation is 2. The molecule has 0 aliphatic rings. The number of aromatic hydroxyl groups is 2. The van der Waals surface area contributed by atoms with E-state index in [1.165, 1.54) is 0 Å². The summed E-state index contributed by atoms with van der Waals surface area (Å²) in [6.45, 7) is 5.79. The van der Waals surface area contributed by atoms with Crippen LogP contribution in [0.5, 0.6) is 11.5 Å². The van der Waals surface area contributed by atoms with Crippen molar-refractivity contribution in [1.29, 1.82) is 0 Å². The second-order valence-corrected chi connectivity index (χ2v) is 4.40. The first-order valence-corrected chi connectivity index (χ1v) is 5.60. The lowest BCUT2D eigenvalue weighted by Crippen LogP contribution is -1.89. The van der Waals surface area contributed by atoms with Crippen molar-refractivity contribution in [3.63, 3.8) is 0 Å². The third kappa shape index (κ3) is 1.98. The molecule has 0 saturated heterocycles. The molecule has 0 fully saturated rings. The van der Waals surface area contributed by atoms with Crippen LogP contribution in [0.25, 0.3) is 11.1 Å². The highest BCUT2D eigenvalue weighted by Gasteiger charge is 2.10. The summed E-state index contributed by atoms with van der Waals surface area (Å²) < 4.78 is 0. The highest BCUT2D eigenvalue weighted by Crippen LogP contribution is 2.34. The van der Waals surface area contributed by atoms with Crippen molar-refractivity contribution >= 4 is 0 Å². The maximum atomic E-state index is 9.76. The summed E-state index contributed by atoms with van der Waals surface area (Å²) in [6, 6.07) is 9.11. The number of phenols is 2. The first kappa shape index (κ1) is 11.5. The van der Waals surface area contributed by atoms with Crippen LogP contribution in [0.2, 0.25) is 0 Å². The van der Waals surface area contributed by atoms with Crippen molar-refractivity contribution in [2.75, 3.05) is 0 Å². The lowest BCUT2D eigenvalue weighted by Gasteiger charge is -2.12. The summed E-state index contributed by atoms with van der Waals surface area (Å²) in [4.78, 5) is 0. The largest absolute Gasteiger partial charge is 0.508 e. The topological polar surface area (TPSA) is 40.5 Å². The predicted octanol–water partition coefficient (Wildman–Crippen LogP) is 3.69. The van der Waals surface area contributed by atoms with E-state index in [9.17, 15) is 10.2 Å². The summed E-state index contributed by atoms with van der Waals surface area (Å²) in [6.07, 6.45) is 0. The van der Waals surface area contributed by atoms with Crippen LogP contribution in [0.15, 0.2) is 30.3 Å². The van der Waals surface area contributed by atoms with Gasteiger partial charge in [0.25, 0.3) is 0 Å². The molecule has 2 aromatic carbocycles. The van der Waals surface area contributed by atoms with Crippen LogP contribution < -0.4 is 0 Å². The first-order valence-electron chi connectivity index (χ1n) is 5.60. The maximum Gasteiger partial charge on any atom is 0.119 e. The molecule has 0 atom stereocenters. The number of rotatable bonds is 1. The van der Waals surface area contributed by atoms with E-state index in [-0.39, 0.29) is 0 Å². The maximum absolute atomic E-state index is 9.76. The molecule has 0 unspecified atom stereocenters. The standard InChI is InChI=1S/C15H16O2/c1-9-4-6-14(17)11(3)15(9)12-5-7-13(16)10(2)8-12/h4-8,16-17H,1-3H3. The molecule has 0 amide bonds. The van der Waals surface area contributed by atoms with Crippen LogP contribution in [0.4, 0.5) is 0 Å². The Morgan fingerprint density at radius 1 is 0.765 bits per heavy atom. The van der Waals surface area contributed by atoms with Crippen LogP contribution >= 0.6 is 0 Å². The summed E-state index contributed by atoms with van der Waals surface area (Å²) >= 11 is 0. The number of phenolic OH excluding ortho intramolecular Hbond substituents is 2. The Morgan fingerprint density at radius 3 is 2.06 bits per heavy atom. The fourth-order valence-electron chi connectivity index (χ4n) is 2.09. The fourth-order valence-corrected chi connectivity index (χ4v) is 2.09. The summed E-state index contributed by atoms with van der Waals surface area (Å²) in [5.74, 6) is 0.598. The molecule has 2 rings (SSSR count). The quantitative estimate of drug-likeness (QED) is 0.781. The lowest BCUT2D eigenvalue weighted by molar-refractivity contribution is 0.471. The van der Waals surface area contributed by atoms with Crippen molar-refractivity contribution in [2.24, 2.45) is 0 Å². The van der Waals surface area contributed by atoms with E-state index in [1.54, 1.807) is 12.1 Å². The molecule has 0 spiro atoms. The molecular formula is C15H16O2. The molecule has 0 radical (unpaired) electrons. The Bertz CT molecular complexity index is 571. The molecule has 0 bridgehead atoms. The van der Waals surface area contributed by atoms with Gasteiger partial charge in [-0.1, -0.05) is 12.1 Å². The predicted molar refractivity (Wildman–Crippen MR) is 69.4 cm³/mol. The lowest BCUT2D eigenvalue weighted by atomic mass is 9.94. The molecule has 2 N–H and O–H groups in total. The molecule has 2 aromatic rings. The van der Waals surface area contributed by atoms with E-state index in [4.69, 9.17) is 0 Å². The van der Waals surface area contributed by atoms with Crippen molar-refractivity contribution in [3.05, 3.63) is 47.0 Å². The Labute approximate surface area is 101 Å². The average molecular weight is 228 g/mol. The van der Waals surface area contributed by atoms with Crippen molar-refractivity contribution in [3.8, 4) is 22.6 Å². The van der Waals surface area contributed by atoms with Gasteiger partial charge >= 0.3 is 0 Å². The molecule has 88 valence electrons. The van der Waals surface area contributed by atoms with Crippen molar-refractivity contribution in [1.82, 2.24) is 0 Å². The van der Waals surface area contributed by atoms with E-state index < -0.39 is 0 Å². The van der Waals surface area contributed by atoms with Crippen LogP contribution in [0, 0.1) is 20.8 Å². The van der Waals surface area contributed by atoms with Crippen LogP contribution in [-0.4, -0.2) is 10.2 Å². The Hall–Kier alpha value is -1.96. The molecule has 0 aromatic heterocycles. The Balaban J connectivity index is 2.68. The third-order valence-electron chi connectivity index (χ3n) is 3.13. The second kappa shape index (κ2) is 4.13. The van der Waals surface area contributed by atoms with Crippen LogP contribution in [-0.2, 0) is 0 Å². The second-order valence-electron chi connectivity index (χ2n) is 4.40. The van der Waals surface area contributed by atoms with E-state index in [1.807, 2.05) is 39.0 Å². The number of hydrogen-bond donors (Lipinski definition) is 2. The van der Waals surface area contributed by atoms with E-state index in [2.05, 4.69) is 0 Å². The zero-order valence-electron chi connectivity index (χ0n) is 10.3. The zero-order valence-corrected chi connectivity index (χ0v) is 10.3. The normalized spacial score (nSPS) is 10.5. The Kier molecular flexibility index (Phi) is 2.80. The van der Waals surface area contributed by atoms with Gasteiger partial charge in [-0.3, -0.25) is 0 Å². The first-order chi connectivity index (χ1) is 8.00. The smallest absolute Gasteiger partial charge is 0.119 e. The minimum atomic E-state index is 0.296. The zero-order chi connectivity index (χ0) is 12.6. The number of benzene rings is 2. The van der Waals surface area contributed by atoms with Gasteiger partial charge in [-0.15, -0.1) is 0 Å². The van der Waals surface area contributed by atoms with Gasteiger partial charge in [0, 0.05) is 0 Å². The fraction of sp³-hybridized carbons (Fsp3) is 0.200. The molecule has 0 aliphatic heterocycles. The summed E-state index contributed by atoms with van der Waals surface area (Å²) in [5.41, 5.74) is 4.88. The van der Waals surface area contributed by atoms with Crippen LogP contribution in [0.3, 0.4) is 0 Å². The van der Waals surface area contributed by atoms with Crippen molar-refractivity contribution < 1.29 is 10.2 Å². The van der Waals surface area contributed by atoms with Gasteiger partial charge in [0.05, 0.1) is 0 Å². The minimum Gasteiger partial charge on any atom is -0.508 e. The molecule has 0 saturated carbocycles. The van der Waals surface area contributed by atoms with Gasteiger partial charge in [0.1, 0.15) is 11.5 Å². The Morgan fingerprint density at radius 2 is 1.41 bits per heavy atom. The highest BCUT2D eigenvalue weighted by molar-refractivity contribution is 5.74. The van der Waals surface area contributed by atoms with Gasteiger partial charge in [0.2, 0.25) is 0 Å². The SMILES string of the molecule is Cc1cc(-c2c(C)ccc(O)c2C)ccc1O. The van der Waals surface area contributed by atoms with E-state index in [0.717, 1.165) is 27.8 Å². The molecule has 0 heterocycles. The third-order valence-corrected chi connectivity index (χ3v) is 3.13. The molecule has 2 heteroatoms. The highest BCUT2D eigenvalue weighted by atomic mass is 16.3. The molecule has 0 aliphatic carbocycles. The average Bonchev–Trinajstić information content (AvgIpc) is 2.29. The van der Waals surface area contributed by atoms with Crippen LogP contribution in [0.1, 0.15) is 16.7 Å².